The molecular weight excluding hydrogens is 232 g/mol. The van der Waals surface area contributed by atoms with Crippen LogP contribution in [-0.2, 0) is 0 Å². The fourth-order valence-corrected chi connectivity index (χ4v) is 1.49. The Kier molecular flexibility index (Phi) is 2.06. The van der Waals surface area contributed by atoms with Gasteiger partial charge in [-0.05, 0) is 6.07 Å². The maximum Gasteiger partial charge on any atom is 0.291 e. The van der Waals surface area contributed by atoms with Crippen LogP contribution in [0.4, 0.5) is 10.5 Å². The van der Waals surface area contributed by atoms with Crippen molar-refractivity contribution in [3.63, 3.8) is 0 Å². The van der Waals surface area contributed by atoms with Crippen molar-refractivity contribution in [2.45, 2.75) is 0 Å². The second kappa shape index (κ2) is 3.22. The topological polar surface area (TPSA) is 44.9 Å². The summed E-state index contributed by atoms with van der Waals surface area (Å²) in [5, 5.41) is 3.68. The van der Waals surface area contributed by atoms with E-state index >= 15 is 0 Å². The third-order valence-electron chi connectivity index (χ3n) is 1.82. The van der Waals surface area contributed by atoms with Crippen LogP contribution in [0.5, 0.6) is 0 Å². The van der Waals surface area contributed by atoms with Crippen molar-refractivity contribution >= 4 is 37.3 Å². The normalized spacial score (nSPS) is 10.2. The molecule has 1 aromatic carbocycles. The fraction of sp³-hybridized carbons (Fsp3) is 0. The van der Waals surface area contributed by atoms with Gasteiger partial charge in [0.1, 0.15) is 0 Å². The lowest BCUT2D eigenvalue weighted by molar-refractivity contribution is 0.270. The van der Waals surface area contributed by atoms with E-state index in [0.717, 1.165) is 16.6 Å². The van der Waals surface area contributed by atoms with Gasteiger partial charge in [0.25, 0.3) is 4.82 Å². The Morgan fingerprint density at radius 1 is 1.38 bits per heavy atom. The molecule has 0 radical (unpaired) electrons. The molecule has 3 nitrogen and oxygen atoms in total. The van der Waals surface area contributed by atoms with Crippen molar-refractivity contribution in [3.8, 4) is 0 Å². The monoisotopic (exact) mass is 238 g/mol. The number of amides is 1. The lowest BCUT2D eigenvalue weighted by Gasteiger charge is -1.96. The number of aromatic amines is 1. The maximum atomic E-state index is 10.7. The molecule has 2 aromatic rings. The number of nitrogens with one attached hydrogen (secondary N) is 2. The van der Waals surface area contributed by atoms with E-state index in [2.05, 4.69) is 26.2 Å². The molecule has 66 valence electrons. The molecule has 1 amide bonds. The van der Waals surface area contributed by atoms with E-state index in [9.17, 15) is 4.79 Å². The first kappa shape index (κ1) is 8.31. The lowest BCUT2D eigenvalue weighted by atomic mass is 10.2. The molecule has 13 heavy (non-hydrogen) atoms. The van der Waals surface area contributed by atoms with Crippen LogP contribution in [-0.4, -0.2) is 9.80 Å². The van der Waals surface area contributed by atoms with Crippen LogP contribution in [0.15, 0.2) is 30.5 Å². The molecule has 2 rings (SSSR count). The molecule has 4 heteroatoms. The van der Waals surface area contributed by atoms with Crippen LogP contribution in [0.2, 0.25) is 0 Å². The zero-order valence-corrected chi connectivity index (χ0v) is 8.26. The average molecular weight is 239 g/mol. The standard InChI is InChI=1S/C9H7BrN2O/c10-9(13)12-8-5-11-7-4-2-1-3-6(7)8/h1-5,11H,(H,12,13). The van der Waals surface area contributed by atoms with Crippen molar-refractivity contribution in [1.29, 1.82) is 0 Å². The van der Waals surface area contributed by atoms with Crippen molar-refractivity contribution in [2.75, 3.05) is 5.32 Å². The van der Waals surface area contributed by atoms with Crippen molar-refractivity contribution in [1.82, 2.24) is 4.98 Å². The summed E-state index contributed by atoms with van der Waals surface area (Å²) in [4.78, 5) is 13.6. The molecule has 0 saturated heterocycles. The van der Waals surface area contributed by atoms with Crippen molar-refractivity contribution < 1.29 is 4.79 Å². The Morgan fingerprint density at radius 3 is 2.92 bits per heavy atom. The van der Waals surface area contributed by atoms with E-state index < -0.39 is 0 Å². The number of hydrogen-bond acceptors (Lipinski definition) is 1. The number of H-pyrrole nitrogens is 1. The quantitative estimate of drug-likeness (QED) is 0.582. The number of hydrogen-bond donors (Lipinski definition) is 2. The highest BCUT2D eigenvalue weighted by Crippen LogP contribution is 2.22. The van der Waals surface area contributed by atoms with Gasteiger partial charge in [0.15, 0.2) is 0 Å². The number of benzene rings is 1. The van der Waals surface area contributed by atoms with Crippen LogP contribution >= 0.6 is 15.9 Å². The largest absolute Gasteiger partial charge is 0.359 e. The summed E-state index contributed by atoms with van der Waals surface area (Å²) in [6, 6.07) is 7.78. The first-order chi connectivity index (χ1) is 6.27. The zero-order chi connectivity index (χ0) is 9.26. The van der Waals surface area contributed by atoms with Gasteiger partial charge in [-0.15, -0.1) is 0 Å². The SMILES string of the molecule is O=C(Br)Nc1c[nH]c2ccccc12. The molecule has 2 N–H and O–H groups in total. The van der Waals surface area contributed by atoms with E-state index in [0.29, 0.717) is 0 Å². The van der Waals surface area contributed by atoms with Crippen molar-refractivity contribution in [2.24, 2.45) is 0 Å². The van der Waals surface area contributed by atoms with Crippen LogP contribution in [0.25, 0.3) is 10.9 Å². The number of fused-ring (bicyclic) bond motifs is 1. The molecule has 0 unspecified atom stereocenters. The van der Waals surface area contributed by atoms with Gasteiger partial charge in [0.05, 0.1) is 5.69 Å². The van der Waals surface area contributed by atoms with Gasteiger partial charge in [-0.3, -0.25) is 4.79 Å². The second-order valence-corrected chi connectivity index (χ2v) is 3.37. The molecule has 0 spiro atoms. The summed E-state index contributed by atoms with van der Waals surface area (Å²) in [7, 11) is 0. The summed E-state index contributed by atoms with van der Waals surface area (Å²) in [5.41, 5.74) is 1.80. The van der Waals surface area contributed by atoms with Crippen LogP contribution < -0.4 is 5.32 Å². The van der Waals surface area contributed by atoms with Gasteiger partial charge in [-0.1, -0.05) is 18.2 Å². The summed E-state index contributed by atoms with van der Waals surface area (Å²) >= 11 is 2.82. The predicted molar refractivity (Wildman–Crippen MR) is 56.2 cm³/mol. The van der Waals surface area contributed by atoms with Gasteiger partial charge in [-0.2, -0.15) is 0 Å². The minimum Gasteiger partial charge on any atom is -0.359 e. The van der Waals surface area contributed by atoms with Gasteiger partial charge in [0, 0.05) is 33.0 Å². The first-order valence-corrected chi connectivity index (χ1v) is 4.59. The molecule has 1 heterocycles. The van der Waals surface area contributed by atoms with E-state index in [1.807, 2.05) is 24.3 Å². The van der Waals surface area contributed by atoms with E-state index in [1.54, 1.807) is 6.20 Å². The van der Waals surface area contributed by atoms with Crippen LogP contribution in [0.1, 0.15) is 0 Å². The van der Waals surface area contributed by atoms with Gasteiger partial charge < -0.3 is 10.3 Å². The Hall–Kier alpha value is -1.29. The minimum atomic E-state index is -0.239. The Morgan fingerprint density at radius 2 is 2.15 bits per heavy atom. The molecule has 0 aliphatic heterocycles. The molecule has 1 aromatic heterocycles. The highest BCUT2D eigenvalue weighted by Gasteiger charge is 2.03. The molecule has 0 fully saturated rings. The van der Waals surface area contributed by atoms with E-state index in [4.69, 9.17) is 0 Å². The summed E-state index contributed by atoms with van der Waals surface area (Å²) < 4.78 is 0. The maximum absolute atomic E-state index is 10.7. The fourth-order valence-electron chi connectivity index (χ4n) is 1.28. The second-order valence-electron chi connectivity index (χ2n) is 2.65. The smallest absolute Gasteiger partial charge is 0.291 e. The number of anilines is 1. The van der Waals surface area contributed by atoms with Gasteiger partial charge >= 0.3 is 0 Å². The van der Waals surface area contributed by atoms with Gasteiger partial charge in [0.2, 0.25) is 0 Å². The summed E-state index contributed by atoms with van der Waals surface area (Å²) in [5.74, 6) is 0. The molecular formula is C9H7BrN2O. The molecule has 0 bridgehead atoms. The third kappa shape index (κ3) is 1.58. The van der Waals surface area contributed by atoms with E-state index in [-0.39, 0.29) is 4.82 Å². The number of halogens is 1. The lowest BCUT2D eigenvalue weighted by Crippen LogP contribution is -1.98. The molecule has 0 aliphatic rings. The third-order valence-corrected chi connectivity index (χ3v) is 2.02. The average Bonchev–Trinajstić information content (AvgIpc) is 2.48. The number of aromatic nitrogens is 1. The minimum absolute atomic E-state index is 0.239. The highest BCUT2D eigenvalue weighted by atomic mass is 79.9. The number of rotatable bonds is 1. The zero-order valence-electron chi connectivity index (χ0n) is 6.67. The van der Waals surface area contributed by atoms with E-state index in [1.165, 1.54) is 0 Å². The number of carbonyl (C=O) groups is 1. The first-order valence-electron chi connectivity index (χ1n) is 3.80. The van der Waals surface area contributed by atoms with Gasteiger partial charge in [-0.25, -0.2) is 0 Å². The molecule has 0 atom stereocenters. The molecule has 0 aliphatic carbocycles. The Balaban J connectivity index is 2.51. The number of carbonyl (C=O) groups excluding carboxylic acids is 1. The summed E-state index contributed by atoms with van der Waals surface area (Å²) in [6.45, 7) is 0. The molecule has 0 saturated carbocycles. The van der Waals surface area contributed by atoms with Crippen molar-refractivity contribution in [3.05, 3.63) is 30.5 Å². The number of para-hydroxylation sites is 1. The summed E-state index contributed by atoms with van der Waals surface area (Å²) in [6.07, 6.45) is 1.77. The Labute approximate surface area is 83.3 Å². The Bertz CT molecular complexity index is 450. The highest BCUT2D eigenvalue weighted by molar-refractivity contribution is 9.18. The predicted octanol–water partition coefficient (Wildman–Crippen LogP) is 3.09. The van der Waals surface area contributed by atoms with Crippen LogP contribution in [0.3, 0.4) is 0 Å². The van der Waals surface area contributed by atoms with Crippen LogP contribution in [0, 0.1) is 0 Å².